The van der Waals surface area contributed by atoms with Crippen molar-refractivity contribution < 1.29 is 13.9 Å². The Balaban J connectivity index is 2.23. The standard InChI is InChI=1S/C17H30FN2O2P/c1-13(2)11-21-9-5-8-19-20-14(3)15-6-4-7-16(10-15)22-12-17(18)23/h4,6-7,10,13-14,17,19-20H,5,8-9,11-12,23H2,1-3H3. The summed E-state index contributed by atoms with van der Waals surface area (Å²) in [5.41, 5.74) is 7.55. The molecule has 0 radical (unpaired) electrons. The molecule has 0 amide bonds. The molecule has 1 rings (SSSR count). The van der Waals surface area contributed by atoms with Crippen LogP contribution in [0.1, 0.15) is 38.8 Å². The van der Waals surface area contributed by atoms with Crippen molar-refractivity contribution in [2.45, 2.75) is 39.1 Å². The summed E-state index contributed by atoms with van der Waals surface area (Å²) in [6.45, 7) is 8.82. The number of ether oxygens (including phenoxy) is 2. The average molecular weight is 344 g/mol. The van der Waals surface area contributed by atoms with Gasteiger partial charge in [-0.05, 0) is 37.0 Å². The lowest BCUT2D eigenvalue weighted by Crippen LogP contribution is -2.35. The van der Waals surface area contributed by atoms with E-state index in [1.165, 1.54) is 0 Å². The van der Waals surface area contributed by atoms with Gasteiger partial charge in [0.15, 0.2) is 0 Å². The first-order chi connectivity index (χ1) is 11.0. The Morgan fingerprint density at radius 2 is 2.00 bits per heavy atom. The molecule has 1 aromatic rings. The van der Waals surface area contributed by atoms with Crippen molar-refractivity contribution in [2.75, 3.05) is 26.4 Å². The number of benzene rings is 1. The van der Waals surface area contributed by atoms with Gasteiger partial charge >= 0.3 is 0 Å². The Morgan fingerprint density at radius 3 is 2.70 bits per heavy atom. The van der Waals surface area contributed by atoms with E-state index in [1.54, 1.807) is 0 Å². The van der Waals surface area contributed by atoms with E-state index < -0.39 is 5.91 Å². The van der Waals surface area contributed by atoms with Gasteiger partial charge in [-0.2, -0.15) is 0 Å². The number of halogens is 1. The maximum Gasteiger partial charge on any atom is 0.147 e. The molecule has 23 heavy (non-hydrogen) atoms. The van der Waals surface area contributed by atoms with Crippen LogP contribution < -0.4 is 15.6 Å². The smallest absolute Gasteiger partial charge is 0.147 e. The monoisotopic (exact) mass is 344 g/mol. The van der Waals surface area contributed by atoms with Crippen molar-refractivity contribution in [3.05, 3.63) is 29.8 Å². The third-order valence-corrected chi connectivity index (χ3v) is 3.32. The van der Waals surface area contributed by atoms with Crippen LogP contribution in [-0.2, 0) is 4.74 Å². The highest BCUT2D eigenvalue weighted by atomic mass is 31.0. The predicted octanol–water partition coefficient (Wildman–Crippen LogP) is 3.45. The average Bonchev–Trinajstić information content (AvgIpc) is 2.51. The molecular weight excluding hydrogens is 314 g/mol. The summed E-state index contributed by atoms with van der Waals surface area (Å²) in [5, 5.41) is 0. The van der Waals surface area contributed by atoms with E-state index in [4.69, 9.17) is 9.47 Å². The normalized spacial score (nSPS) is 14.0. The number of hydrogen-bond acceptors (Lipinski definition) is 4. The topological polar surface area (TPSA) is 42.5 Å². The summed E-state index contributed by atoms with van der Waals surface area (Å²) in [4.78, 5) is 0. The van der Waals surface area contributed by atoms with Gasteiger partial charge in [0.05, 0.1) is 0 Å². The van der Waals surface area contributed by atoms with Crippen LogP contribution in [-0.4, -0.2) is 32.3 Å². The van der Waals surface area contributed by atoms with Gasteiger partial charge in [-0.1, -0.05) is 35.2 Å². The minimum atomic E-state index is -1.05. The van der Waals surface area contributed by atoms with Crippen molar-refractivity contribution in [2.24, 2.45) is 5.92 Å². The van der Waals surface area contributed by atoms with E-state index in [-0.39, 0.29) is 12.6 Å². The first-order valence-electron chi connectivity index (χ1n) is 8.17. The number of hydrazine groups is 1. The maximum atomic E-state index is 12.8. The molecule has 3 unspecified atom stereocenters. The lowest BCUT2D eigenvalue weighted by molar-refractivity contribution is 0.107. The van der Waals surface area contributed by atoms with E-state index in [0.717, 1.165) is 31.7 Å². The van der Waals surface area contributed by atoms with Gasteiger partial charge < -0.3 is 9.47 Å². The van der Waals surface area contributed by atoms with Gasteiger partial charge in [-0.3, -0.25) is 10.9 Å². The van der Waals surface area contributed by atoms with Gasteiger partial charge in [0.25, 0.3) is 0 Å². The lowest BCUT2D eigenvalue weighted by atomic mass is 10.1. The molecule has 0 heterocycles. The van der Waals surface area contributed by atoms with Crippen molar-refractivity contribution in [3.8, 4) is 5.75 Å². The SMILES string of the molecule is CC(C)COCCCNNC(C)c1cccc(OCC(F)P)c1. The van der Waals surface area contributed by atoms with E-state index in [2.05, 4.69) is 40.9 Å². The largest absolute Gasteiger partial charge is 0.490 e. The van der Waals surface area contributed by atoms with Crippen molar-refractivity contribution in [3.63, 3.8) is 0 Å². The zero-order valence-corrected chi connectivity index (χ0v) is 15.5. The molecule has 3 atom stereocenters. The zero-order chi connectivity index (χ0) is 17.1. The van der Waals surface area contributed by atoms with Crippen LogP contribution in [0.5, 0.6) is 5.75 Å². The third kappa shape index (κ3) is 9.87. The van der Waals surface area contributed by atoms with Gasteiger partial charge in [0, 0.05) is 25.8 Å². The molecule has 0 bridgehead atoms. The van der Waals surface area contributed by atoms with E-state index in [1.807, 2.05) is 24.3 Å². The molecule has 6 heteroatoms. The second-order valence-electron chi connectivity index (χ2n) is 6.01. The first kappa shape index (κ1) is 20.3. The molecule has 0 fully saturated rings. The van der Waals surface area contributed by atoms with Crippen molar-refractivity contribution in [1.82, 2.24) is 10.9 Å². The van der Waals surface area contributed by atoms with Gasteiger partial charge in [-0.15, -0.1) is 0 Å². The van der Waals surface area contributed by atoms with Crippen LogP contribution in [0, 0.1) is 5.92 Å². The Hall–Kier alpha value is -0.740. The second kappa shape index (κ2) is 11.7. The molecule has 4 nitrogen and oxygen atoms in total. The maximum absolute atomic E-state index is 12.8. The molecule has 0 spiro atoms. The molecule has 0 aromatic heterocycles. The number of alkyl halides is 1. The molecule has 0 aliphatic heterocycles. The Kier molecular flexibility index (Phi) is 10.4. The highest BCUT2D eigenvalue weighted by Crippen LogP contribution is 2.19. The minimum Gasteiger partial charge on any atom is -0.490 e. The Labute approximate surface area is 141 Å². The third-order valence-electron chi connectivity index (χ3n) is 3.13. The fourth-order valence-corrected chi connectivity index (χ4v) is 2.04. The predicted molar refractivity (Wildman–Crippen MR) is 96.4 cm³/mol. The second-order valence-corrected chi connectivity index (χ2v) is 6.74. The summed E-state index contributed by atoms with van der Waals surface area (Å²) in [7, 11) is 2.08. The van der Waals surface area contributed by atoms with E-state index in [9.17, 15) is 4.39 Å². The highest BCUT2D eigenvalue weighted by Gasteiger charge is 2.06. The molecule has 1 aromatic carbocycles. The summed E-state index contributed by atoms with van der Waals surface area (Å²) < 4.78 is 23.7. The molecule has 0 aliphatic carbocycles. The van der Waals surface area contributed by atoms with Crippen LogP contribution in [0.2, 0.25) is 0 Å². The number of hydrogen-bond donors (Lipinski definition) is 2. The van der Waals surface area contributed by atoms with Crippen molar-refractivity contribution in [1.29, 1.82) is 0 Å². The molecule has 0 aliphatic rings. The van der Waals surface area contributed by atoms with Crippen LogP contribution in [0.3, 0.4) is 0 Å². The fraction of sp³-hybridized carbons (Fsp3) is 0.647. The molecule has 132 valence electrons. The first-order valence-corrected chi connectivity index (χ1v) is 8.84. The van der Waals surface area contributed by atoms with Gasteiger partial charge in [-0.25, -0.2) is 4.39 Å². The fourth-order valence-electron chi connectivity index (χ4n) is 1.94. The van der Waals surface area contributed by atoms with E-state index in [0.29, 0.717) is 11.7 Å². The number of nitrogens with one attached hydrogen (secondary N) is 2. The highest BCUT2D eigenvalue weighted by molar-refractivity contribution is 7.17. The molecule has 0 saturated heterocycles. The van der Waals surface area contributed by atoms with Crippen LogP contribution in [0.25, 0.3) is 0 Å². The molecular formula is C17H30FN2O2P. The number of rotatable bonds is 12. The minimum absolute atomic E-state index is 0.0462. The van der Waals surface area contributed by atoms with Crippen LogP contribution in [0.4, 0.5) is 4.39 Å². The molecule has 2 N–H and O–H groups in total. The summed E-state index contributed by atoms with van der Waals surface area (Å²) in [6.07, 6.45) is 0.960. The Bertz CT molecular complexity index is 433. The van der Waals surface area contributed by atoms with Gasteiger partial charge in [0.1, 0.15) is 18.3 Å². The summed E-state index contributed by atoms with van der Waals surface area (Å²) >= 11 is 0. The van der Waals surface area contributed by atoms with Crippen LogP contribution >= 0.6 is 9.24 Å². The van der Waals surface area contributed by atoms with E-state index >= 15 is 0 Å². The Morgan fingerprint density at radius 1 is 1.22 bits per heavy atom. The lowest BCUT2D eigenvalue weighted by Gasteiger charge is -2.16. The zero-order valence-electron chi connectivity index (χ0n) is 14.3. The van der Waals surface area contributed by atoms with Gasteiger partial charge in [0.2, 0.25) is 0 Å². The van der Waals surface area contributed by atoms with Crippen LogP contribution in [0.15, 0.2) is 24.3 Å². The quantitative estimate of drug-likeness (QED) is 0.346. The summed E-state index contributed by atoms with van der Waals surface area (Å²) in [5.74, 6) is 0.215. The summed E-state index contributed by atoms with van der Waals surface area (Å²) in [6, 6.07) is 7.83. The van der Waals surface area contributed by atoms with Crippen molar-refractivity contribution >= 4 is 9.24 Å². The molecule has 0 saturated carbocycles.